The van der Waals surface area contributed by atoms with Gasteiger partial charge in [-0.05, 0) is 49.4 Å². The van der Waals surface area contributed by atoms with Crippen molar-refractivity contribution in [1.82, 2.24) is 14.9 Å². The molecule has 1 unspecified atom stereocenters. The molecule has 0 saturated carbocycles. The van der Waals surface area contributed by atoms with Gasteiger partial charge in [0.1, 0.15) is 5.75 Å². The number of nitrogens with one attached hydrogen (secondary N) is 1. The lowest BCUT2D eigenvalue weighted by atomic mass is 10.2. The average molecular weight is 437 g/mol. The van der Waals surface area contributed by atoms with Crippen LogP contribution in [0, 0.1) is 0 Å². The van der Waals surface area contributed by atoms with E-state index in [4.69, 9.17) is 10.6 Å². The zero-order chi connectivity index (χ0) is 21.9. The van der Waals surface area contributed by atoms with E-state index in [0.717, 1.165) is 23.9 Å². The number of aromatic nitrogens is 3. The van der Waals surface area contributed by atoms with Gasteiger partial charge in [-0.3, -0.25) is 4.79 Å². The van der Waals surface area contributed by atoms with E-state index in [1.54, 1.807) is 38.3 Å². The molecule has 0 aliphatic heterocycles. The SMILES string of the molecule is COc1ccc(-c2nnc(SC(C)C(=O)Nc3cccc(C(F)(F)F)c3)n2N)cc1. The molecule has 1 heterocycles. The second-order valence-electron chi connectivity index (χ2n) is 6.23. The van der Waals surface area contributed by atoms with Crippen molar-refractivity contribution in [2.24, 2.45) is 0 Å². The summed E-state index contributed by atoms with van der Waals surface area (Å²) in [5, 5.41) is 10.1. The monoisotopic (exact) mass is 437 g/mol. The summed E-state index contributed by atoms with van der Waals surface area (Å²) < 4.78 is 44.8. The number of hydrogen-bond acceptors (Lipinski definition) is 6. The molecule has 11 heteroatoms. The van der Waals surface area contributed by atoms with Crippen LogP contribution in [0.2, 0.25) is 0 Å². The van der Waals surface area contributed by atoms with Gasteiger partial charge < -0.3 is 15.9 Å². The van der Waals surface area contributed by atoms with Gasteiger partial charge in [-0.25, -0.2) is 4.68 Å². The Balaban J connectivity index is 1.69. The van der Waals surface area contributed by atoms with Crippen molar-refractivity contribution in [2.75, 3.05) is 18.3 Å². The fourth-order valence-corrected chi connectivity index (χ4v) is 3.29. The molecule has 158 valence electrons. The fraction of sp³-hybridized carbons (Fsp3) is 0.211. The number of hydrogen-bond donors (Lipinski definition) is 2. The quantitative estimate of drug-likeness (QED) is 0.450. The summed E-state index contributed by atoms with van der Waals surface area (Å²) in [6.07, 6.45) is -4.49. The van der Waals surface area contributed by atoms with E-state index >= 15 is 0 Å². The minimum Gasteiger partial charge on any atom is -0.497 e. The van der Waals surface area contributed by atoms with Crippen LogP contribution in [-0.4, -0.2) is 33.1 Å². The highest BCUT2D eigenvalue weighted by molar-refractivity contribution is 8.00. The predicted molar refractivity (Wildman–Crippen MR) is 108 cm³/mol. The second kappa shape index (κ2) is 8.66. The van der Waals surface area contributed by atoms with Crippen molar-refractivity contribution in [3.63, 3.8) is 0 Å². The molecule has 3 rings (SSSR count). The van der Waals surface area contributed by atoms with Crippen LogP contribution < -0.4 is 15.9 Å². The molecular formula is C19H18F3N5O2S. The van der Waals surface area contributed by atoms with E-state index in [1.807, 2.05) is 0 Å². The topological polar surface area (TPSA) is 95.1 Å². The number of amides is 1. The molecule has 0 aliphatic rings. The Kier molecular flexibility index (Phi) is 6.20. The number of benzene rings is 2. The minimum atomic E-state index is -4.49. The molecule has 30 heavy (non-hydrogen) atoms. The molecule has 0 radical (unpaired) electrons. The van der Waals surface area contributed by atoms with Gasteiger partial charge in [-0.1, -0.05) is 17.8 Å². The standard InChI is InChI=1S/C19H18F3N5O2S/c1-11(17(28)24-14-5-3-4-13(10-14)19(20,21)22)30-18-26-25-16(27(18)23)12-6-8-15(29-2)9-7-12/h3-11H,23H2,1-2H3,(H,24,28). The van der Waals surface area contributed by atoms with Crippen molar-refractivity contribution in [3.05, 3.63) is 54.1 Å². The highest BCUT2D eigenvalue weighted by atomic mass is 32.2. The number of nitrogens with two attached hydrogens (primary N) is 1. The summed E-state index contributed by atoms with van der Waals surface area (Å²) >= 11 is 1.04. The van der Waals surface area contributed by atoms with E-state index in [1.165, 1.54) is 16.8 Å². The van der Waals surface area contributed by atoms with Crippen LogP contribution >= 0.6 is 11.8 Å². The molecule has 3 N–H and O–H groups in total. The zero-order valence-electron chi connectivity index (χ0n) is 16.0. The molecular weight excluding hydrogens is 419 g/mol. The van der Waals surface area contributed by atoms with Gasteiger partial charge in [-0.15, -0.1) is 10.2 Å². The molecule has 1 aromatic heterocycles. The number of methoxy groups -OCH3 is 1. The van der Waals surface area contributed by atoms with E-state index < -0.39 is 22.9 Å². The summed E-state index contributed by atoms with van der Waals surface area (Å²) in [5.74, 6) is 6.64. The first-order chi connectivity index (χ1) is 14.2. The number of rotatable bonds is 6. The van der Waals surface area contributed by atoms with Crippen molar-refractivity contribution in [3.8, 4) is 17.1 Å². The van der Waals surface area contributed by atoms with Gasteiger partial charge in [-0.2, -0.15) is 13.2 Å². The lowest BCUT2D eigenvalue weighted by Gasteiger charge is -2.13. The first-order valence-corrected chi connectivity index (χ1v) is 9.56. The van der Waals surface area contributed by atoms with Crippen LogP contribution in [0.25, 0.3) is 11.4 Å². The zero-order valence-corrected chi connectivity index (χ0v) is 16.8. The lowest BCUT2D eigenvalue weighted by molar-refractivity contribution is -0.137. The smallest absolute Gasteiger partial charge is 0.416 e. The van der Waals surface area contributed by atoms with Gasteiger partial charge in [0.2, 0.25) is 11.1 Å². The lowest BCUT2D eigenvalue weighted by Crippen LogP contribution is -2.24. The van der Waals surface area contributed by atoms with Gasteiger partial charge in [0.05, 0.1) is 17.9 Å². The normalized spacial score (nSPS) is 12.4. The summed E-state index contributed by atoms with van der Waals surface area (Å²) in [7, 11) is 1.56. The third-order valence-corrected chi connectivity index (χ3v) is 5.18. The number of halogens is 3. The maximum atomic E-state index is 12.8. The largest absolute Gasteiger partial charge is 0.497 e. The Bertz CT molecular complexity index is 1040. The Labute approximate surface area is 174 Å². The van der Waals surface area contributed by atoms with Crippen molar-refractivity contribution in [2.45, 2.75) is 23.5 Å². The molecule has 0 spiro atoms. The van der Waals surface area contributed by atoms with Crippen molar-refractivity contribution >= 4 is 23.4 Å². The van der Waals surface area contributed by atoms with Gasteiger partial charge in [0.15, 0.2) is 5.82 Å². The number of nitrogen functional groups attached to an aromatic ring is 1. The summed E-state index contributed by atoms with van der Waals surface area (Å²) in [6.45, 7) is 1.59. The third kappa shape index (κ3) is 4.85. The Hall–Kier alpha value is -3.21. The fourth-order valence-electron chi connectivity index (χ4n) is 2.52. The van der Waals surface area contributed by atoms with Gasteiger partial charge >= 0.3 is 6.18 Å². The first kappa shape index (κ1) is 21.5. The molecule has 7 nitrogen and oxygen atoms in total. The Morgan fingerprint density at radius 3 is 2.53 bits per heavy atom. The third-order valence-electron chi connectivity index (χ3n) is 4.12. The van der Waals surface area contributed by atoms with E-state index in [9.17, 15) is 18.0 Å². The summed E-state index contributed by atoms with van der Waals surface area (Å²) in [6, 6.07) is 11.5. The minimum absolute atomic E-state index is 0.0513. The van der Waals surface area contributed by atoms with E-state index in [-0.39, 0.29) is 10.8 Å². The predicted octanol–water partition coefficient (Wildman–Crippen LogP) is 3.81. The molecule has 0 fully saturated rings. The number of thioether (sulfide) groups is 1. The maximum Gasteiger partial charge on any atom is 0.416 e. The van der Waals surface area contributed by atoms with Crippen LogP contribution in [0.15, 0.2) is 53.7 Å². The van der Waals surface area contributed by atoms with Gasteiger partial charge in [0.25, 0.3) is 0 Å². The molecule has 3 aromatic rings. The number of nitrogens with zero attached hydrogens (tertiary/aromatic N) is 3. The first-order valence-electron chi connectivity index (χ1n) is 8.68. The Morgan fingerprint density at radius 1 is 1.20 bits per heavy atom. The molecule has 1 amide bonds. The number of ether oxygens (including phenoxy) is 1. The van der Waals surface area contributed by atoms with Crippen LogP contribution in [-0.2, 0) is 11.0 Å². The molecule has 1 atom stereocenters. The molecule has 0 saturated heterocycles. The maximum absolute atomic E-state index is 12.8. The van der Waals surface area contributed by atoms with E-state index in [2.05, 4.69) is 15.5 Å². The second-order valence-corrected chi connectivity index (χ2v) is 7.54. The molecule has 0 bridgehead atoms. The average Bonchev–Trinajstić information content (AvgIpc) is 3.07. The van der Waals surface area contributed by atoms with E-state index in [0.29, 0.717) is 17.1 Å². The summed E-state index contributed by atoms with van der Waals surface area (Å²) in [4.78, 5) is 12.4. The number of carbonyl (C=O) groups is 1. The number of alkyl halides is 3. The van der Waals surface area contributed by atoms with Gasteiger partial charge in [0, 0.05) is 11.3 Å². The summed E-state index contributed by atoms with van der Waals surface area (Å²) in [5.41, 5.74) is -0.0828. The molecule has 2 aromatic carbocycles. The van der Waals surface area contributed by atoms with Crippen LogP contribution in [0.5, 0.6) is 5.75 Å². The Morgan fingerprint density at radius 2 is 1.90 bits per heavy atom. The van der Waals surface area contributed by atoms with Crippen LogP contribution in [0.4, 0.5) is 18.9 Å². The molecule has 0 aliphatic carbocycles. The van der Waals surface area contributed by atoms with Crippen molar-refractivity contribution < 1.29 is 22.7 Å². The van der Waals surface area contributed by atoms with Crippen molar-refractivity contribution in [1.29, 1.82) is 0 Å². The highest BCUT2D eigenvalue weighted by Crippen LogP contribution is 2.31. The number of anilines is 1. The highest BCUT2D eigenvalue weighted by Gasteiger charge is 2.30. The van der Waals surface area contributed by atoms with Crippen LogP contribution in [0.3, 0.4) is 0 Å². The number of carbonyl (C=O) groups excluding carboxylic acids is 1. The van der Waals surface area contributed by atoms with Crippen LogP contribution in [0.1, 0.15) is 12.5 Å².